The van der Waals surface area contributed by atoms with Crippen molar-refractivity contribution >= 4 is 17.5 Å². The average molecular weight is 282 g/mol. The van der Waals surface area contributed by atoms with Gasteiger partial charge in [0.2, 0.25) is 0 Å². The summed E-state index contributed by atoms with van der Waals surface area (Å²) in [5.41, 5.74) is 0.424. The monoisotopic (exact) mass is 281 g/mol. The first-order valence-electron chi connectivity index (χ1n) is 6.74. The lowest BCUT2D eigenvalue weighted by Crippen LogP contribution is -2.45. The number of likely N-dealkylation sites (tertiary alicyclic amines) is 1. The molecule has 1 amide bonds. The second kappa shape index (κ2) is 6.35. The van der Waals surface area contributed by atoms with Gasteiger partial charge in [-0.3, -0.25) is 4.79 Å². The zero-order valence-electron chi connectivity index (χ0n) is 11.5. The molecule has 1 aromatic heterocycles. The van der Waals surface area contributed by atoms with Crippen LogP contribution in [0.1, 0.15) is 30.3 Å². The van der Waals surface area contributed by atoms with Gasteiger partial charge in [0.05, 0.1) is 0 Å². The minimum absolute atomic E-state index is 0.0440. The van der Waals surface area contributed by atoms with E-state index in [0.29, 0.717) is 16.9 Å². The normalized spacial score (nSPS) is 17.4. The Bertz CT molecular complexity index is 444. The summed E-state index contributed by atoms with van der Waals surface area (Å²) in [7, 11) is 1.86. The van der Waals surface area contributed by atoms with Crippen molar-refractivity contribution in [3.63, 3.8) is 0 Å². The number of amides is 1. The second-order valence-electron chi connectivity index (χ2n) is 4.93. The first kappa shape index (κ1) is 14.3. The van der Waals surface area contributed by atoms with Gasteiger partial charge in [0.15, 0.2) is 0 Å². The highest BCUT2D eigenvalue weighted by atomic mass is 35.5. The van der Waals surface area contributed by atoms with Crippen LogP contribution >= 0.6 is 11.6 Å². The van der Waals surface area contributed by atoms with Crippen LogP contribution in [0.5, 0.6) is 0 Å². The number of nitrogens with zero attached hydrogens (tertiary/aromatic N) is 3. The molecular weight excluding hydrogens is 262 g/mol. The van der Waals surface area contributed by atoms with E-state index in [1.54, 1.807) is 18.2 Å². The molecule has 0 unspecified atom stereocenters. The topological polar surface area (TPSA) is 36.4 Å². The maximum Gasteiger partial charge on any atom is 0.272 e. The number of piperidine rings is 1. The predicted molar refractivity (Wildman–Crippen MR) is 76.5 cm³/mol. The van der Waals surface area contributed by atoms with E-state index >= 15 is 0 Å². The molecule has 0 aliphatic carbocycles. The van der Waals surface area contributed by atoms with Gasteiger partial charge in [0, 0.05) is 26.2 Å². The van der Waals surface area contributed by atoms with Crippen LogP contribution in [0.25, 0.3) is 0 Å². The molecule has 0 bridgehead atoms. The van der Waals surface area contributed by atoms with Crippen molar-refractivity contribution in [1.82, 2.24) is 14.8 Å². The van der Waals surface area contributed by atoms with E-state index in [-0.39, 0.29) is 5.91 Å². The molecule has 1 aromatic rings. The predicted octanol–water partition coefficient (Wildman–Crippen LogP) is 2.29. The summed E-state index contributed by atoms with van der Waals surface area (Å²) in [6.45, 7) is 5.37. The minimum atomic E-state index is -0.0440. The van der Waals surface area contributed by atoms with Gasteiger partial charge in [-0.25, -0.2) is 4.98 Å². The molecule has 0 atom stereocenters. The lowest BCUT2D eigenvalue weighted by molar-refractivity contribution is 0.0641. The summed E-state index contributed by atoms with van der Waals surface area (Å²) >= 11 is 5.83. The fourth-order valence-corrected chi connectivity index (χ4v) is 2.66. The molecular formula is C14H20ClN3O. The minimum Gasteiger partial charge on any atom is -0.337 e. The zero-order chi connectivity index (χ0) is 13.8. The molecule has 19 heavy (non-hydrogen) atoms. The molecule has 5 heteroatoms. The molecule has 1 saturated heterocycles. The van der Waals surface area contributed by atoms with Crippen LogP contribution in [-0.2, 0) is 0 Å². The van der Waals surface area contributed by atoms with Gasteiger partial charge in [-0.05, 0) is 31.5 Å². The number of rotatable bonds is 3. The van der Waals surface area contributed by atoms with Gasteiger partial charge < -0.3 is 9.80 Å². The highest BCUT2D eigenvalue weighted by Gasteiger charge is 2.25. The van der Waals surface area contributed by atoms with Crippen molar-refractivity contribution in [2.45, 2.75) is 25.8 Å². The Morgan fingerprint density at radius 2 is 2.16 bits per heavy atom. The van der Waals surface area contributed by atoms with Gasteiger partial charge in [-0.1, -0.05) is 24.6 Å². The Kier molecular flexibility index (Phi) is 4.77. The number of carbonyl (C=O) groups excluding carboxylic acids is 1. The quantitative estimate of drug-likeness (QED) is 0.798. The Morgan fingerprint density at radius 1 is 1.47 bits per heavy atom. The van der Waals surface area contributed by atoms with Crippen LogP contribution in [0.4, 0.5) is 0 Å². The van der Waals surface area contributed by atoms with E-state index < -0.39 is 0 Å². The third-order valence-corrected chi connectivity index (χ3v) is 4.02. The van der Waals surface area contributed by atoms with Gasteiger partial charge in [-0.2, -0.15) is 0 Å². The molecule has 0 N–H and O–H groups in total. The summed E-state index contributed by atoms with van der Waals surface area (Å²) < 4.78 is 0. The van der Waals surface area contributed by atoms with Crippen LogP contribution in [0, 0.1) is 0 Å². The summed E-state index contributed by atoms with van der Waals surface area (Å²) in [5.74, 6) is -0.0440. The SMILES string of the molecule is CCN1CCC(N(C)C(=O)c2cccc(Cl)n2)CC1. The smallest absolute Gasteiger partial charge is 0.272 e. The number of carbonyl (C=O) groups is 1. The summed E-state index contributed by atoms with van der Waals surface area (Å²) in [5, 5.41) is 0.361. The van der Waals surface area contributed by atoms with Crippen molar-refractivity contribution in [2.24, 2.45) is 0 Å². The fourth-order valence-electron chi connectivity index (χ4n) is 2.50. The third kappa shape index (κ3) is 3.45. The molecule has 0 aromatic carbocycles. The molecule has 0 radical (unpaired) electrons. The highest BCUT2D eigenvalue weighted by Crippen LogP contribution is 2.17. The third-order valence-electron chi connectivity index (χ3n) is 3.81. The number of aromatic nitrogens is 1. The lowest BCUT2D eigenvalue weighted by Gasteiger charge is -2.36. The maximum atomic E-state index is 12.3. The molecule has 0 saturated carbocycles. The number of halogens is 1. The molecule has 2 rings (SSSR count). The maximum absolute atomic E-state index is 12.3. The standard InChI is InChI=1S/C14H20ClN3O/c1-3-18-9-7-11(8-10-18)17(2)14(19)12-5-4-6-13(15)16-12/h4-6,11H,3,7-10H2,1-2H3. The van der Waals surface area contributed by atoms with Crippen molar-refractivity contribution in [1.29, 1.82) is 0 Å². The fraction of sp³-hybridized carbons (Fsp3) is 0.571. The molecule has 1 aliphatic rings. The molecule has 0 spiro atoms. The van der Waals surface area contributed by atoms with Gasteiger partial charge in [0.1, 0.15) is 10.8 Å². The van der Waals surface area contributed by atoms with E-state index in [1.165, 1.54) is 0 Å². The Hall–Kier alpha value is -1.13. The first-order valence-corrected chi connectivity index (χ1v) is 7.11. The molecule has 2 heterocycles. The molecule has 4 nitrogen and oxygen atoms in total. The van der Waals surface area contributed by atoms with Crippen molar-refractivity contribution < 1.29 is 4.79 Å². The first-order chi connectivity index (χ1) is 9.11. The zero-order valence-corrected chi connectivity index (χ0v) is 12.2. The number of hydrogen-bond donors (Lipinski definition) is 0. The van der Waals surface area contributed by atoms with Crippen LogP contribution in [0.3, 0.4) is 0 Å². The molecule has 1 aliphatic heterocycles. The van der Waals surface area contributed by atoms with Crippen LogP contribution in [0.15, 0.2) is 18.2 Å². The highest BCUT2D eigenvalue weighted by molar-refractivity contribution is 6.29. The van der Waals surface area contributed by atoms with E-state index in [9.17, 15) is 4.79 Å². The number of hydrogen-bond acceptors (Lipinski definition) is 3. The Morgan fingerprint density at radius 3 is 2.74 bits per heavy atom. The summed E-state index contributed by atoms with van der Waals surface area (Å²) in [4.78, 5) is 20.6. The van der Waals surface area contributed by atoms with Crippen LogP contribution in [0.2, 0.25) is 5.15 Å². The van der Waals surface area contributed by atoms with Crippen molar-refractivity contribution in [3.05, 3.63) is 29.0 Å². The molecule has 104 valence electrons. The van der Waals surface area contributed by atoms with Gasteiger partial charge >= 0.3 is 0 Å². The largest absolute Gasteiger partial charge is 0.337 e. The lowest BCUT2D eigenvalue weighted by atomic mass is 10.0. The van der Waals surface area contributed by atoms with Gasteiger partial charge in [-0.15, -0.1) is 0 Å². The van der Waals surface area contributed by atoms with Crippen molar-refractivity contribution in [2.75, 3.05) is 26.7 Å². The van der Waals surface area contributed by atoms with E-state index in [2.05, 4.69) is 16.8 Å². The van der Waals surface area contributed by atoms with Crippen LogP contribution in [-0.4, -0.2) is 53.4 Å². The summed E-state index contributed by atoms with van der Waals surface area (Å²) in [6.07, 6.45) is 2.05. The van der Waals surface area contributed by atoms with Crippen molar-refractivity contribution in [3.8, 4) is 0 Å². The van der Waals surface area contributed by atoms with E-state index in [0.717, 1.165) is 32.5 Å². The average Bonchev–Trinajstić information content (AvgIpc) is 2.46. The second-order valence-corrected chi connectivity index (χ2v) is 5.31. The number of pyridine rings is 1. The van der Waals surface area contributed by atoms with Gasteiger partial charge in [0.25, 0.3) is 5.91 Å². The molecule has 1 fully saturated rings. The summed E-state index contributed by atoms with van der Waals surface area (Å²) in [6, 6.07) is 5.45. The Labute approximate surface area is 119 Å². The van der Waals surface area contributed by atoms with Crippen LogP contribution < -0.4 is 0 Å². The van der Waals surface area contributed by atoms with E-state index in [1.807, 2.05) is 11.9 Å². The Balaban J connectivity index is 2.00. The van der Waals surface area contributed by atoms with E-state index in [4.69, 9.17) is 11.6 Å².